The molecular formula is C28H31F2N5O4. The van der Waals surface area contributed by atoms with Gasteiger partial charge in [0.25, 0.3) is 5.56 Å². The first-order valence-electron chi connectivity index (χ1n) is 12.7. The first-order chi connectivity index (χ1) is 18.5. The third-order valence-electron chi connectivity index (χ3n) is 6.94. The van der Waals surface area contributed by atoms with Crippen LogP contribution in [0.15, 0.2) is 58.3 Å². The third kappa shape index (κ3) is 5.81. The number of nitrogens with one attached hydrogen (secondary N) is 1. The number of hydrogen-bond donors (Lipinski definition) is 1. The maximum absolute atomic E-state index is 14.8. The summed E-state index contributed by atoms with van der Waals surface area (Å²) in [7, 11) is 1.30. The Labute approximate surface area is 224 Å². The van der Waals surface area contributed by atoms with E-state index >= 15 is 0 Å². The molecule has 0 unspecified atom stereocenters. The molecule has 11 heteroatoms. The Morgan fingerprint density at radius 3 is 2.46 bits per heavy atom. The topological polar surface area (TPSA) is 106 Å². The molecular weight excluding hydrogens is 508 g/mol. The molecule has 0 saturated carbocycles. The lowest BCUT2D eigenvalue weighted by Crippen LogP contribution is -2.49. The zero-order valence-corrected chi connectivity index (χ0v) is 22.2. The largest absolute Gasteiger partial charge is 0.342 e. The van der Waals surface area contributed by atoms with E-state index in [-0.39, 0.29) is 30.1 Å². The summed E-state index contributed by atoms with van der Waals surface area (Å²) >= 11 is 0. The molecule has 39 heavy (non-hydrogen) atoms. The lowest BCUT2D eigenvalue weighted by atomic mass is 9.99. The number of hydrogen-bond acceptors (Lipinski definition) is 5. The van der Waals surface area contributed by atoms with Gasteiger partial charge >= 0.3 is 5.69 Å². The molecule has 0 spiro atoms. The van der Waals surface area contributed by atoms with Crippen LogP contribution in [0.4, 0.5) is 8.78 Å². The number of alkyl halides is 1. The molecule has 1 aliphatic rings. The Bertz CT molecular complexity index is 1500. The molecule has 0 bridgehead atoms. The summed E-state index contributed by atoms with van der Waals surface area (Å²) in [5, 5.41) is 2.83. The number of aromatic nitrogens is 3. The Kier molecular flexibility index (Phi) is 8.08. The van der Waals surface area contributed by atoms with Gasteiger partial charge in [-0.2, -0.15) is 4.39 Å². The summed E-state index contributed by atoms with van der Waals surface area (Å²) < 4.78 is 31.3. The molecule has 3 atom stereocenters. The van der Waals surface area contributed by atoms with E-state index in [4.69, 9.17) is 0 Å². The van der Waals surface area contributed by atoms with Crippen LogP contribution in [0.5, 0.6) is 0 Å². The predicted molar refractivity (Wildman–Crippen MR) is 140 cm³/mol. The van der Waals surface area contributed by atoms with Crippen LogP contribution >= 0.6 is 0 Å². The molecule has 2 aromatic heterocycles. The Morgan fingerprint density at radius 1 is 1.13 bits per heavy atom. The molecule has 1 N–H and O–H groups in total. The van der Waals surface area contributed by atoms with Crippen LogP contribution < -0.4 is 16.6 Å². The Morgan fingerprint density at radius 2 is 1.82 bits per heavy atom. The summed E-state index contributed by atoms with van der Waals surface area (Å²) in [6.45, 7) is 4.43. The fraction of sp³-hybridized carbons (Fsp3) is 0.393. The number of halogens is 2. The highest BCUT2D eigenvalue weighted by Gasteiger charge is 2.40. The first kappa shape index (κ1) is 27.9. The fourth-order valence-electron chi connectivity index (χ4n) is 4.81. The monoisotopic (exact) mass is 539 g/mol. The second kappa shape index (κ2) is 11.3. The normalized spacial score (nSPS) is 17.9. The van der Waals surface area contributed by atoms with Gasteiger partial charge in [-0.05, 0) is 24.5 Å². The van der Waals surface area contributed by atoms with Crippen LogP contribution in [0.1, 0.15) is 54.6 Å². The van der Waals surface area contributed by atoms with Gasteiger partial charge in [0.1, 0.15) is 18.8 Å². The molecule has 2 amide bonds. The molecule has 1 aliphatic heterocycles. The zero-order chi connectivity index (χ0) is 28.4. The van der Waals surface area contributed by atoms with E-state index in [2.05, 4.69) is 10.3 Å². The van der Waals surface area contributed by atoms with Gasteiger partial charge in [0.2, 0.25) is 17.8 Å². The van der Waals surface area contributed by atoms with Crippen molar-refractivity contribution in [2.75, 3.05) is 6.54 Å². The number of rotatable bonds is 7. The van der Waals surface area contributed by atoms with Crippen LogP contribution in [0, 0.1) is 12.9 Å². The molecule has 0 aliphatic carbocycles. The van der Waals surface area contributed by atoms with Gasteiger partial charge < -0.3 is 10.2 Å². The lowest BCUT2D eigenvalue weighted by Gasteiger charge is -2.27. The molecule has 1 saturated heterocycles. The number of pyridine rings is 1. The van der Waals surface area contributed by atoms with Gasteiger partial charge in [-0.15, -0.1) is 0 Å². The second-order valence-electron chi connectivity index (χ2n) is 10.1. The van der Waals surface area contributed by atoms with E-state index in [1.165, 1.54) is 20.2 Å². The molecule has 1 aromatic carbocycles. The minimum Gasteiger partial charge on any atom is -0.342 e. The molecule has 9 nitrogen and oxygen atoms in total. The standard InChI is InChI=1S/C28H31F2N5O4/c1-16(2)20-10-11-21(31-25(20)30)24(18-8-6-5-7-9-18)32-26(37)22-12-19(29)14-35(22)23(36)15-34-13-17(3)27(38)33(4)28(34)39/h5-11,13,16,19,22,24H,12,14-15H2,1-4H3,(H,32,37)/t19-,22+,24+/m1/s1. The molecule has 3 heterocycles. The molecule has 4 rings (SSSR count). The van der Waals surface area contributed by atoms with Gasteiger partial charge in [0.05, 0.1) is 18.3 Å². The minimum absolute atomic E-state index is 0.0841. The molecule has 206 valence electrons. The minimum atomic E-state index is -1.45. The van der Waals surface area contributed by atoms with Crippen molar-refractivity contribution in [3.63, 3.8) is 0 Å². The molecule has 0 radical (unpaired) electrons. The number of carbonyl (C=O) groups is 2. The van der Waals surface area contributed by atoms with Crippen LogP contribution in [0.3, 0.4) is 0 Å². The van der Waals surface area contributed by atoms with Gasteiger partial charge in [0.15, 0.2) is 0 Å². The van der Waals surface area contributed by atoms with E-state index in [1.807, 2.05) is 13.8 Å². The Hall–Kier alpha value is -4.15. The predicted octanol–water partition coefficient (Wildman–Crippen LogP) is 2.36. The molecule has 1 fully saturated rings. The van der Waals surface area contributed by atoms with Crippen molar-refractivity contribution in [3.8, 4) is 0 Å². The smallest absolute Gasteiger partial charge is 0.331 e. The van der Waals surface area contributed by atoms with Gasteiger partial charge in [-0.1, -0.05) is 50.2 Å². The van der Waals surface area contributed by atoms with Crippen LogP contribution in [0.2, 0.25) is 0 Å². The number of amides is 2. The van der Waals surface area contributed by atoms with Crippen molar-refractivity contribution < 1.29 is 18.4 Å². The summed E-state index contributed by atoms with van der Waals surface area (Å²) in [5.74, 6) is -2.00. The van der Waals surface area contributed by atoms with E-state index in [0.29, 0.717) is 11.1 Å². The average molecular weight is 540 g/mol. The van der Waals surface area contributed by atoms with Gasteiger partial charge in [-0.25, -0.2) is 14.2 Å². The summed E-state index contributed by atoms with van der Waals surface area (Å²) in [6, 6.07) is 10.1. The number of likely N-dealkylation sites (tertiary alicyclic amines) is 1. The second-order valence-corrected chi connectivity index (χ2v) is 10.1. The SMILES string of the molecule is Cc1cn(CC(=O)N2C[C@H](F)C[C@H]2C(=O)N[C@@H](c2ccccc2)c2ccc(C(C)C)c(F)n2)c(=O)n(C)c1=O. The van der Waals surface area contributed by atoms with Gasteiger partial charge in [-0.3, -0.25) is 23.5 Å². The van der Waals surface area contributed by atoms with Crippen molar-refractivity contribution in [1.82, 2.24) is 24.3 Å². The highest BCUT2D eigenvalue weighted by molar-refractivity contribution is 5.88. The highest BCUT2D eigenvalue weighted by atomic mass is 19.1. The maximum atomic E-state index is 14.8. The van der Waals surface area contributed by atoms with E-state index in [9.17, 15) is 28.0 Å². The quantitative estimate of drug-likeness (QED) is 0.464. The number of aryl methyl sites for hydroxylation is 1. The maximum Gasteiger partial charge on any atom is 0.331 e. The van der Waals surface area contributed by atoms with Crippen molar-refractivity contribution in [2.45, 2.75) is 57.9 Å². The van der Waals surface area contributed by atoms with Crippen molar-refractivity contribution >= 4 is 11.8 Å². The van der Waals surface area contributed by atoms with Crippen molar-refractivity contribution in [3.05, 3.63) is 97.8 Å². The lowest BCUT2D eigenvalue weighted by molar-refractivity contribution is -0.139. The third-order valence-corrected chi connectivity index (χ3v) is 6.94. The zero-order valence-electron chi connectivity index (χ0n) is 22.2. The summed E-state index contributed by atoms with van der Waals surface area (Å²) in [6.07, 6.45) is -0.402. The number of benzene rings is 1. The average Bonchev–Trinajstić information content (AvgIpc) is 3.31. The Balaban J connectivity index is 1.61. The first-order valence-corrected chi connectivity index (χ1v) is 12.7. The summed E-state index contributed by atoms with van der Waals surface area (Å²) in [5.41, 5.74) is 0.417. The highest BCUT2D eigenvalue weighted by Crippen LogP contribution is 2.27. The fourth-order valence-corrected chi connectivity index (χ4v) is 4.81. The van der Waals surface area contributed by atoms with Crippen molar-refractivity contribution in [1.29, 1.82) is 0 Å². The number of carbonyl (C=O) groups excluding carboxylic acids is 2. The number of nitrogens with zero attached hydrogens (tertiary/aromatic N) is 4. The van der Waals surface area contributed by atoms with E-state index in [1.54, 1.807) is 42.5 Å². The van der Waals surface area contributed by atoms with Gasteiger partial charge in [0, 0.05) is 30.8 Å². The summed E-state index contributed by atoms with van der Waals surface area (Å²) in [4.78, 5) is 56.4. The van der Waals surface area contributed by atoms with E-state index in [0.717, 1.165) is 14.0 Å². The van der Waals surface area contributed by atoms with Crippen molar-refractivity contribution in [2.24, 2.45) is 7.05 Å². The van der Waals surface area contributed by atoms with Crippen LogP contribution in [-0.4, -0.2) is 49.6 Å². The van der Waals surface area contributed by atoms with Crippen LogP contribution in [-0.2, 0) is 23.2 Å². The van der Waals surface area contributed by atoms with E-state index < -0.39 is 53.8 Å². The van der Waals surface area contributed by atoms with Crippen LogP contribution in [0.25, 0.3) is 0 Å². The molecule has 3 aromatic rings.